The molecule has 0 radical (unpaired) electrons. The Morgan fingerprint density at radius 2 is 1.82 bits per heavy atom. The topological polar surface area (TPSA) is 20.2 Å². The van der Waals surface area contributed by atoms with Crippen LogP contribution in [-0.4, -0.2) is 11.2 Å². The maximum Gasteiger partial charge on any atom is 0.0571 e. The first-order valence-electron chi connectivity index (χ1n) is 6.48. The zero-order valence-corrected chi connectivity index (χ0v) is 11.4. The largest absolute Gasteiger partial charge is 0.393 e. The molecule has 1 fully saturated rings. The molecule has 0 spiro atoms. The van der Waals surface area contributed by atoms with Gasteiger partial charge in [-0.15, -0.1) is 0 Å². The van der Waals surface area contributed by atoms with Crippen molar-refractivity contribution < 1.29 is 5.11 Å². The van der Waals surface area contributed by atoms with Crippen LogP contribution in [0.3, 0.4) is 0 Å². The molecule has 2 heteroatoms. The smallest absolute Gasteiger partial charge is 0.0571 e. The van der Waals surface area contributed by atoms with Crippen molar-refractivity contribution in [2.45, 2.75) is 51.0 Å². The predicted molar refractivity (Wildman–Crippen MR) is 72.4 cm³/mol. The number of rotatable bonds is 4. The van der Waals surface area contributed by atoms with E-state index in [0.29, 0.717) is 5.92 Å². The Bertz CT molecular complexity index is 365. The number of aliphatic hydroxyl groups excluding tert-OH is 1. The summed E-state index contributed by atoms with van der Waals surface area (Å²) in [6, 6.07) is 8.15. The highest BCUT2D eigenvalue weighted by Gasteiger charge is 2.40. The van der Waals surface area contributed by atoms with Crippen LogP contribution in [0.5, 0.6) is 0 Å². The molecular weight excluding hydrogens is 232 g/mol. The Hall–Kier alpha value is -0.530. The van der Waals surface area contributed by atoms with Crippen molar-refractivity contribution in [2.75, 3.05) is 0 Å². The molecule has 1 aromatic carbocycles. The SMILES string of the molecule is CC(C)[C@@H](O)CC1(c2ccc(Cl)cc2)CCC1. The molecule has 0 heterocycles. The molecule has 1 N–H and O–H groups in total. The molecule has 2 rings (SSSR count). The second-order valence-corrected chi connectivity index (χ2v) is 6.09. The summed E-state index contributed by atoms with van der Waals surface area (Å²) in [4.78, 5) is 0. The average molecular weight is 253 g/mol. The lowest BCUT2D eigenvalue weighted by Crippen LogP contribution is -2.39. The van der Waals surface area contributed by atoms with Crippen LogP contribution in [0.2, 0.25) is 5.02 Å². The summed E-state index contributed by atoms with van der Waals surface area (Å²) in [5.74, 6) is 0.333. The molecule has 1 aromatic rings. The third-order valence-corrected chi connectivity index (χ3v) is 4.39. The summed E-state index contributed by atoms with van der Waals surface area (Å²) >= 11 is 5.93. The van der Waals surface area contributed by atoms with E-state index in [1.165, 1.54) is 24.8 Å². The zero-order valence-electron chi connectivity index (χ0n) is 10.6. The molecule has 1 saturated carbocycles. The molecule has 94 valence electrons. The van der Waals surface area contributed by atoms with Crippen molar-refractivity contribution in [2.24, 2.45) is 5.92 Å². The van der Waals surface area contributed by atoms with E-state index < -0.39 is 0 Å². The minimum atomic E-state index is -0.203. The van der Waals surface area contributed by atoms with Gasteiger partial charge in [0.05, 0.1) is 6.10 Å². The first-order valence-corrected chi connectivity index (χ1v) is 6.85. The highest BCUT2D eigenvalue weighted by Crippen LogP contribution is 2.47. The Morgan fingerprint density at radius 3 is 2.24 bits per heavy atom. The molecule has 1 aliphatic rings. The van der Waals surface area contributed by atoms with E-state index in [9.17, 15) is 5.11 Å². The van der Waals surface area contributed by atoms with Crippen LogP contribution in [0.1, 0.15) is 45.1 Å². The summed E-state index contributed by atoms with van der Waals surface area (Å²) in [6.07, 6.45) is 4.34. The second kappa shape index (κ2) is 4.99. The summed E-state index contributed by atoms with van der Waals surface area (Å²) in [5, 5.41) is 10.9. The predicted octanol–water partition coefficient (Wildman–Crippen LogP) is 4.17. The van der Waals surface area contributed by atoms with Crippen molar-refractivity contribution in [1.82, 2.24) is 0 Å². The van der Waals surface area contributed by atoms with Crippen molar-refractivity contribution in [3.05, 3.63) is 34.9 Å². The third-order valence-electron chi connectivity index (χ3n) is 4.14. The first kappa shape index (κ1) is 12.9. The van der Waals surface area contributed by atoms with Gasteiger partial charge >= 0.3 is 0 Å². The molecule has 1 aliphatic carbocycles. The van der Waals surface area contributed by atoms with Gasteiger partial charge in [-0.2, -0.15) is 0 Å². The zero-order chi connectivity index (χ0) is 12.5. The summed E-state index contributed by atoms with van der Waals surface area (Å²) in [6.45, 7) is 4.16. The molecule has 0 amide bonds. The maximum atomic E-state index is 10.1. The lowest BCUT2D eigenvalue weighted by atomic mass is 9.61. The van der Waals surface area contributed by atoms with Gasteiger partial charge < -0.3 is 5.11 Å². The molecule has 0 aromatic heterocycles. The number of halogens is 1. The van der Waals surface area contributed by atoms with E-state index >= 15 is 0 Å². The van der Waals surface area contributed by atoms with Crippen LogP contribution in [0.25, 0.3) is 0 Å². The van der Waals surface area contributed by atoms with E-state index in [-0.39, 0.29) is 11.5 Å². The Labute approximate surface area is 109 Å². The Balaban J connectivity index is 2.17. The molecule has 1 nitrogen and oxygen atoms in total. The van der Waals surface area contributed by atoms with Crippen LogP contribution < -0.4 is 0 Å². The van der Waals surface area contributed by atoms with E-state index in [0.717, 1.165) is 11.4 Å². The van der Waals surface area contributed by atoms with Gasteiger partial charge in [-0.1, -0.05) is 44.0 Å². The molecule has 0 bridgehead atoms. The van der Waals surface area contributed by atoms with Crippen molar-refractivity contribution in [1.29, 1.82) is 0 Å². The van der Waals surface area contributed by atoms with Crippen LogP contribution in [0.4, 0.5) is 0 Å². The molecular formula is C15H21ClO. The fourth-order valence-electron chi connectivity index (χ4n) is 2.65. The van der Waals surface area contributed by atoms with E-state index in [1.807, 2.05) is 12.1 Å². The molecule has 17 heavy (non-hydrogen) atoms. The fraction of sp³-hybridized carbons (Fsp3) is 0.600. The summed E-state index contributed by atoms with van der Waals surface area (Å²) < 4.78 is 0. The summed E-state index contributed by atoms with van der Waals surface area (Å²) in [7, 11) is 0. The van der Waals surface area contributed by atoms with E-state index in [1.54, 1.807) is 0 Å². The number of hydrogen-bond donors (Lipinski definition) is 1. The second-order valence-electron chi connectivity index (χ2n) is 5.66. The van der Waals surface area contributed by atoms with Gasteiger partial charge in [0.25, 0.3) is 0 Å². The number of hydrogen-bond acceptors (Lipinski definition) is 1. The first-order chi connectivity index (χ1) is 8.03. The van der Waals surface area contributed by atoms with Crippen molar-refractivity contribution in [3.63, 3.8) is 0 Å². The Kier molecular flexibility index (Phi) is 3.79. The monoisotopic (exact) mass is 252 g/mol. The van der Waals surface area contributed by atoms with Crippen LogP contribution >= 0.6 is 11.6 Å². The van der Waals surface area contributed by atoms with Gasteiger partial charge in [0.2, 0.25) is 0 Å². The molecule has 0 unspecified atom stereocenters. The van der Waals surface area contributed by atoms with Gasteiger partial charge in [0.1, 0.15) is 0 Å². The standard InChI is InChI=1S/C15H21ClO/c1-11(2)14(17)10-15(8-3-9-15)12-4-6-13(16)7-5-12/h4-7,11,14,17H,3,8-10H2,1-2H3/t14-/m0/s1. The molecule has 0 saturated heterocycles. The minimum absolute atomic E-state index is 0.203. The van der Waals surface area contributed by atoms with Gasteiger partial charge in [-0.25, -0.2) is 0 Å². The van der Waals surface area contributed by atoms with Gasteiger partial charge in [-0.05, 0) is 48.3 Å². The number of benzene rings is 1. The maximum absolute atomic E-state index is 10.1. The Morgan fingerprint density at radius 1 is 1.24 bits per heavy atom. The van der Waals surface area contributed by atoms with E-state index in [2.05, 4.69) is 26.0 Å². The van der Waals surface area contributed by atoms with E-state index in [4.69, 9.17) is 11.6 Å². The van der Waals surface area contributed by atoms with Crippen molar-refractivity contribution >= 4 is 11.6 Å². The van der Waals surface area contributed by atoms with Crippen LogP contribution in [-0.2, 0) is 5.41 Å². The highest BCUT2D eigenvalue weighted by molar-refractivity contribution is 6.30. The quantitative estimate of drug-likeness (QED) is 0.853. The lowest BCUT2D eigenvalue weighted by molar-refractivity contribution is 0.0613. The molecule has 1 atom stereocenters. The number of aliphatic hydroxyl groups is 1. The van der Waals surface area contributed by atoms with Crippen LogP contribution in [0.15, 0.2) is 24.3 Å². The van der Waals surface area contributed by atoms with Crippen molar-refractivity contribution in [3.8, 4) is 0 Å². The fourth-order valence-corrected chi connectivity index (χ4v) is 2.78. The minimum Gasteiger partial charge on any atom is -0.393 e. The lowest BCUT2D eigenvalue weighted by Gasteiger charge is -2.44. The van der Waals surface area contributed by atoms with Crippen LogP contribution in [0, 0.1) is 5.92 Å². The van der Waals surface area contributed by atoms with Gasteiger partial charge in [0.15, 0.2) is 0 Å². The normalized spacial score (nSPS) is 20.1. The van der Waals surface area contributed by atoms with Gasteiger partial charge in [-0.3, -0.25) is 0 Å². The highest BCUT2D eigenvalue weighted by atomic mass is 35.5. The third kappa shape index (κ3) is 2.66. The van der Waals surface area contributed by atoms with Gasteiger partial charge in [0, 0.05) is 5.02 Å². The average Bonchev–Trinajstić information content (AvgIpc) is 2.24. The summed E-state index contributed by atoms with van der Waals surface area (Å²) in [5.41, 5.74) is 1.54. The molecule has 0 aliphatic heterocycles.